The normalized spacial score (nSPS) is 11.5. The van der Waals surface area contributed by atoms with Gasteiger partial charge in [-0.25, -0.2) is 0 Å². The standard InChI is InChI=1S/C50H33NS/c1-2-13-38-33-39(24-23-34(38)11-1)44-16-5-7-21-48(44)51(40-29-25-36(26-30-40)43-18-9-14-35-12-3-4-15-42(35)43)41-31-27-37(28-32-41)45-19-10-20-47-46-17-6-8-22-49(46)52-50(45)47/h1-33H. The second-order valence-corrected chi connectivity index (χ2v) is 14.4. The molecule has 0 unspecified atom stereocenters. The van der Waals surface area contributed by atoms with Crippen molar-refractivity contribution < 1.29 is 0 Å². The summed E-state index contributed by atoms with van der Waals surface area (Å²) in [6.07, 6.45) is 0. The van der Waals surface area contributed by atoms with Crippen LogP contribution in [-0.4, -0.2) is 0 Å². The summed E-state index contributed by atoms with van der Waals surface area (Å²) >= 11 is 1.88. The maximum Gasteiger partial charge on any atom is 0.0540 e. The molecule has 0 aliphatic carbocycles. The summed E-state index contributed by atoms with van der Waals surface area (Å²) in [5.74, 6) is 0. The van der Waals surface area contributed by atoms with Gasteiger partial charge in [-0.2, -0.15) is 0 Å². The highest BCUT2D eigenvalue weighted by molar-refractivity contribution is 7.26. The van der Waals surface area contributed by atoms with Crippen LogP contribution in [0.25, 0.3) is 75.1 Å². The fourth-order valence-corrected chi connectivity index (χ4v) is 8.97. The zero-order valence-electron chi connectivity index (χ0n) is 28.4. The predicted octanol–water partition coefficient (Wildman–Crippen LogP) is 14.8. The summed E-state index contributed by atoms with van der Waals surface area (Å²) in [4.78, 5) is 2.40. The van der Waals surface area contributed by atoms with E-state index in [0.29, 0.717) is 0 Å². The lowest BCUT2D eigenvalue weighted by Gasteiger charge is -2.28. The average Bonchev–Trinajstić information content (AvgIpc) is 3.60. The molecule has 0 aliphatic heterocycles. The van der Waals surface area contributed by atoms with Crippen molar-refractivity contribution in [3.8, 4) is 33.4 Å². The Bertz CT molecular complexity index is 2890. The Hall–Kier alpha value is -6.48. The van der Waals surface area contributed by atoms with Gasteiger partial charge in [0.05, 0.1) is 5.69 Å². The Kier molecular flexibility index (Phi) is 7.41. The average molecular weight is 680 g/mol. The minimum atomic E-state index is 1.11. The van der Waals surface area contributed by atoms with E-state index in [1.807, 2.05) is 11.3 Å². The lowest BCUT2D eigenvalue weighted by atomic mass is 9.97. The quantitative estimate of drug-likeness (QED) is 0.169. The maximum absolute atomic E-state index is 2.40. The highest BCUT2D eigenvalue weighted by Gasteiger charge is 2.19. The van der Waals surface area contributed by atoms with Crippen LogP contribution in [0.15, 0.2) is 200 Å². The molecule has 1 aromatic heterocycles. The minimum Gasteiger partial charge on any atom is -0.310 e. The van der Waals surface area contributed by atoms with Gasteiger partial charge < -0.3 is 4.90 Å². The van der Waals surface area contributed by atoms with Crippen molar-refractivity contribution in [2.75, 3.05) is 4.90 Å². The summed E-state index contributed by atoms with van der Waals surface area (Å²) in [6, 6.07) is 72.9. The molecule has 0 fully saturated rings. The number of thiophene rings is 1. The van der Waals surface area contributed by atoms with Crippen molar-refractivity contribution in [1.82, 2.24) is 0 Å². The van der Waals surface area contributed by atoms with Gasteiger partial charge in [-0.15, -0.1) is 11.3 Å². The predicted molar refractivity (Wildman–Crippen MR) is 225 cm³/mol. The molecule has 0 saturated heterocycles. The summed E-state index contributed by atoms with van der Waals surface area (Å²) in [5, 5.41) is 7.64. The van der Waals surface area contributed by atoms with Gasteiger partial charge in [0.15, 0.2) is 0 Å². The molecular weight excluding hydrogens is 647 g/mol. The third-order valence-corrected chi connectivity index (χ3v) is 11.5. The fraction of sp³-hybridized carbons (Fsp3) is 0. The van der Waals surface area contributed by atoms with Crippen LogP contribution in [0.4, 0.5) is 17.1 Å². The Labute approximate surface area is 307 Å². The van der Waals surface area contributed by atoms with E-state index in [1.165, 1.54) is 75.1 Å². The molecule has 0 atom stereocenters. The molecular formula is C50H33NS. The van der Waals surface area contributed by atoms with Gasteiger partial charge in [0, 0.05) is 37.1 Å². The topological polar surface area (TPSA) is 3.24 Å². The van der Waals surface area contributed by atoms with E-state index >= 15 is 0 Å². The van der Waals surface area contributed by atoms with Gasteiger partial charge in [-0.1, -0.05) is 158 Å². The van der Waals surface area contributed by atoms with Gasteiger partial charge in [0.25, 0.3) is 0 Å². The van der Waals surface area contributed by atoms with Gasteiger partial charge >= 0.3 is 0 Å². The molecule has 0 saturated carbocycles. The zero-order valence-corrected chi connectivity index (χ0v) is 29.2. The van der Waals surface area contributed by atoms with Crippen molar-refractivity contribution in [2.45, 2.75) is 0 Å². The summed E-state index contributed by atoms with van der Waals surface area (Å²) in [6.45, 7) is 0. The number of hydrogen-bond donors (Lipinski definition) is 0. The van der Waals surface area contributed by atoms with E-state index in [9.17, 15) is 0 Å². The van der Waals surface area contributed by atoms with Gasteiger partial charge in [0.2, 0.25) is 0 Å². The lowest BCUT2D eigenvalue weighted by Crippen LogP contribution is -2.11. The third kappa shape index (κ3) is 5.24. The second kappa shape index (κ2) is 12.7. The van der Waals surface area contributed by atoms with Crippen LogP contribution in [0.5, 0.6) is 0 Å². The van der Waals surface area contributed by atoms with Crippen molar-refractivity contribution in [2.24, 2.45) is 0 Å². The molecule has 0 radical (unpaired) electrons. The van der Waals surface area contributed by atoms with Crippen LogP contribution in [0.2, 0.25) is 0 Å². The Morgan fingerprint density at radius 3 is 1.67 bits per heavy atom. The number of rotatable bonds is 6. The van der Waals surface area contributed by atoms with Gasteiger partial charge in [0.1, 0.15) is 0 Å². The number of nitrogens with zero attached hydrogens (tertiary/aromatic N) is 1. The first-order chi connectivity index (χ1) is 25.8. The second-order valence-electron chi connectivity index (χ2n) is 13.3. The smallest absolute Gasteiger partial charge is 0.0540 e. The largest absolute Gasteiger partial charge is 0.310 e. The number of hydrogen-bond acceptors (Lipinski definition) is 2. The first-order valence-corrected chi connectivity index (χ1v) is 18.6. The molecule has 244 valence electrons. The molecule has 0 aliphatic rings. The Morgan fingerprint density at radius 2 is 0.865 bits per heavy atom. The molecule has 10 rings (SSSR count). The first kappa shape index (κ1) is 30.4. The van der Waals surface area contributed by atoms with E-state index in [2.05, 4.69) is 205 Å². The Balaban J connectivity index is 1.11. The number of fused-ring (bicyclic) bond motifs is 5. The van der Waals surface area contributed by atoms with E-state index in [4.69, 9.17) is 0 Å². The van der Waals surface area contributed by atoms with E-state index < -0.39 is 0 Å². The molecule has 0 N–H and O–H groups in total. The maximum atomic E-state index is 2.40. The number of anilines is 3. The molecule has 52 heavy (non-hydrogen) atoms. The highest BCUT2D eigenvalue weighted by atomic mass is 32.1. The van der Waals surface area contributed by atoms with Gasteiger partial charge in [-0.05, 0) is 91.8 Å². The van der Waals surface area contributed by atoms with Crippen molar-refractivity contribution in [3.63, 3.8) is 0 Å². The molecule has 9 aromatic carbocycles. The molecule has 0 amide bonds. The van der Waals surface area contributed by atoms with E-state index in [0.717, 1.165) is 17.1 Å². The van der Waals surface area contributed by atoms with Crippen LogP contribution >= 0.6 is 11.3 Å². The molecule has 1 heterocycles. The monoisotopic (exact) mass is 679 g/mol. The van der Waals surface area contributed by atoms with Crippen LogP contribution in [-0.2, 0) is 0 Å². The van der Waals surface area contributed by atoms with Crippen LogP contribution < -0.4 is 4.90 Å². The van der Waals surface area contributed by atoms with Gasteiger partial charge in [-0.3, -0.25) is 0 Å². The summed E-state index contributed by atoms with van der Waals surface area (Å²) < 4.78 is 2.66. The lowest BCUT2D eigenvalue weighted by molar-refractivity contribution is 1.28. The van der Waals surface area contributed by atoms with Crippen molar-refractivity contribution >= 4 is 70.1 Å². The molecule has 10 aromatic rings. The summed E-state index contributed by atoms with van der Waals surface area (Å²) in [7, 11) is 0. The highest BCUT2D eigenvalue weighted by Crippen LogP contribution is 2.44. The number of benzene rings is 9. The zero-order chi connectivity index (χ0) is 34.4. The molecule has 2 heteroatoms. The third-order valence-electron chi connectivity index (χ3n) is 10.3. The van der Waals surface area contributed by atoms with E-state index in [-0.39, 0.29) is 0 Å². The van der Waals surface area contributed by atoms with Crippen LogP contribution in [0.3, 0.4) is 0 Å². The molecule has 1 nitrogen and oxygen atoms in total. The Morgan fingerprint density at radius 1 is 0.327 bits per heavy atom. The van der Waals surface area contributed by atoms with Crippen LogP contribution in [0.1, 0.15) is 0 Å². The van der Waals surface area contributed by atoms with E-state index in [1.54, 1.807) is 0 Å². The fourth-order valence-electron chi connectivity index (χ4n) is 7.73. The summed E-state index contributed by atoms with van der Waals surface area (Å²) in [5.41, 5.74) is 10.7. The first-order valence-electron chi connectivity index (χ1n) is 17.8. The molecule has 0 spiro atoms. The minimum absolute atomic E-state index is 1.11. The number of para-hydroxylation sites is 1. The van der Waals surface area contributed by atoms with Crippen molar-refractivity contribution in [1.29, 1.82) is 0 Å². The molecule has 0 bridgehead atoms. The van der Waals surface area contributed by atoms with Crippen LogP contribution in [0, 0.1) is 0 Å². The van der Waals surface area contributed by atoms with Crippen molar-refractivity contribution in [3.05, 3.63) is 200 Å². The SMILES string of the molecule is c1ccc(N(c2ccc(-c3cccc4ccccc34)cc2)c2ccc(-c3cccc4c3sc3ccccc34)cc2)c(-c2ccc3ccccc3c2)c1.